The first-order valence-corrected chi connectivity index (χ1v) is 5.88. The Morgan fingerprint density at radius 1 is 1.17 bits per heavy atom. The average molecular weight is 267 g/mol. The summed E-state index contributed by atoms with van der Waals surface area (Å²) in [4.78, 5) is 22.2. The minimum Gasteiger partial charge on any atom is -0.481 e. The molecule has 1 amide bonds. The number of hydrogen-bond acceptors (Lipinski definition) is 2. The molecule has 4 nitrogen and oxygen atoms in total. The van der Waals surface area contributed by atoms with E-state index in [2.05, 4.69) is 5.32 Å². The molecule has 0 bridgehead atoms. The Hall–Kier alpha value is -1.27. The smallest absolute Gasteiger partial charge is 0.397 e. The fourth-order valence-corrected chi connectivity index (χ4v) is 2.22. The van der Waals surface area contributed by atoms with Crippen LogP contribution in [0.4, 0.5) is 13.2 Å². The third-order valence-electron chi connectivity index (χ3n) is 3.04. The number of alkyl halides is 3. The average Bonchev–Trinajstić information content (AvgIpc) is 2.39. The van der Waals surface area contributed by atoms with Crippen LogP contribution in [-0.2, 0) is 9.59 Å². The van der Waals surface area contributed by atoms with Gasteiger partial charge in [0.1, 0.15) is 6.42 Å². The van der Waals surface area contributed by atoms with Crippen molar-refractivity contribution in [1.29, 1.82) is 0 Å². The van der Waals surface area contributed by atoms with Crippen molar-refractivity contribution in [3.63, 3.8) is 0 Å². The van der Waals surface area contributed by atoms with Gasteiger partial charge in [-0.2, -0.15) is 13.2 Å². The lowest BCUT2D eigenvalue weighted by Gasteiger charge is -2.23. The maximum absolute atomic E-state index is 12.0. The van der Waals surface area contributed by atoms with Crippen molar-refractivity contribution in [3.8, 4) is 0 Å². The molecule has 1 saturated carbocycles. The molecule has 0 heterocycles. The molecule has 1 aliphatic carbocycles. The van der Waals surface area contributed by atoms with Crippen LogP contribution in [0.3, 0.4) is 0 Å². The maximum Gasteiger partial charge on any atom is 0.397 e. The lowest BCUT2D eigenvalue weighted by atomic mass is 9.95. The van der Waals surface area contributed by atoms with Gasteiger partial charge in [-0.3, -0.25) is 9.59 Å². The summed E-state index contributed by atoms with van der Waals surface area (Å²) in [5, 5.41) is 11.2. The molecule has 2 N–H and O–H groups in total. The zero-order chi connectivity index (χ0) is 13.8. The van der Waals surface area contributed by atoms with Crippen LogP contribution in [-0.4, -0.2) is 29.2 Å². The summed E-state index contributed by atoms with van der Waals surface area (Å²) < 4.78 is 36.1. The van der Waals surface area contributed by atoms with E-state index >= 15 is 0 Å². The van der Waals surface area contributed by atoms with E-state index in [1.54, 1.807) is 0 Å². The Morgan fingerprint density at radius 3 is 2.33 bits per heavy atom. The van der Waals surface area contributed by atoms with Gasteiger partial charge in [0.15, 0.2) is 0 Å². The van der Waals surface area contributed by atoms with Gasteiger partial charge < -0.3 is 10.4 Å². The number of amides is 1. The van der Waals surface area contributed by atoms with Gasteiger partial charge in [-0.1, -0.05) is 19.3 Å². The van der Waals surface area contributed by atoms with Gasteiger partial charge in [0.05, 0.1) is 5.92 Å². The lowest BCUT2D eigenvalue weighted by molar-refractivity contribution is -0.154. The van der Waals surface area contributed by atoms with Gasteiger partial charge in [-0.15, -0.1) is 0 Å². The van der Waals surface area contributed by atoms with Crippen LogP contribution in [0.2, 0.25) is 0 Å². The van der Waals surface area contributed by atoms with E-state index in [4.69, 9.17) is 5.11 Å². The molecule has 18 heavy (non-hydrogen) atoms. The van der Waals surface area contributed by atoms with Crippen LogP contribution in [0.25, 0.3) is 0 Å². The van der Waals surface area contributed by atoms with Crippen LogP contribution < -0.4 is 5.32 Å². The minimum atomic E-state index is -4.56. The number of carbonyl (C=O) groups is 2. The van der Waals surface area contributed by atoms with Gasteiger partial charge in [0.2, 0.25) is 5.91 Å². The van der Waals surface area contributed by atoms with Crippen molar-refractivity contribution in [2.24, 2.45) is 5.92 Å². The van der Waals surface area contributed by atoms with E-state index in [1.807, 2.05) is 0 Å². The topological polar surface area (TPSA) is 66.4 Å². The molecule has 0 saturated heterocycles. The fraction of sp³-hybridized carbons (Fsp3) is 0.818. The molecule has 7 heteroatoms. The molecule has 0 radical (unpaired) electrons. The summed E-state index contributed by atoms with van der Waals surface area (Å²) in [6.45, 7) is 0. The zero-order valence-electron chi connectivity index (χ0n) is 9.79. The monoisotopic (exact) mass is 267 g/mol. The van der Waals surface area contributed by atoms with E-state index in [0.29, 0.717) is 12.8 Å². The second-order valence-corrected chi connectivity index (χ2v) is 4.55. The van der Waals surface area contributed by atoms with Crippen LogP contribution in [0.15, 0.2) is 0 Å². The van der Waals surface area contributed by atoms with E-state index in [0.717, 1.165) is 19.3 Å². The molecular formula is C11H16F3NO3. The summed E-state index contributed by atoms with van der Waals surface area (Å²) in [5.41, 5.74) is 0. The van der Waals surface area contributed by atoms with Crippen LogP contribution in [0.5, 0.6) is 0 Å². The molecule has 1 rings (SSSR count). The van der Waals surface area contributed by atoms with Crippen molar-refractivity contribution >= 4 is 11.9 Å². The zero-order valence-corrected chi connectivity index (χ0v) is 9.79. The second kappa shape index (κ2) is 6.06. The van der Waals surface area contributed by atoms with Gasteiger partial charge >= 0.3 is 12.1 Å². The quantitative estimate of drug-likeness (QED) is 0.769. The molecule has 1 aliphatic rings. The van der Waals surface area contributed by atoms with E-state index in [1.165, 1.54) is 0 Å². The van der Waals surface area contributed by atoms with Gasteiger partial charge in [-0.25, -0.2) is 0 Å². The molecule has 0 aromatic heterocycles. The first-order valence-electron chi connectivity index (χ1n) is 5.88. The summed E-state index contributed by atoms with van der Waals surface area (Å²) in [6.07, 6.45) is -3.02. The molecule has 1 fully saturated rings. The van der Waals surface area contributed by atoms with Gasteiger partial charge in [0.25, 0.3) is 0 Å². The predicted molar refractivity (Wildman–Crippen MR) is 56.8 cm³/mol. The highest BCUT2D eigenvalue weighted by Crippen LogP contribution is 2.25. The van der Waals surface area contributed by atoms with Crippen LogP contribution >= 0.6 is 0 Å². The predicted octanol–water partition coefficient (Wildman–Crippen LogP) is 2.09. The van der Waals surface area contributed by atoms with E-state index < -0.39 is 36.4 Å². The molecule has 0 aliphatic heterocycles. The molecule has 0 spiro atoms. The summed E-state index contributed by atoms with van der Waals surface area (Å²) in [6, 6.07) is -0.695. The lowest BCUT2D eigenvalue weighted by Crippen LogP contribution is -2.44. The highest BCUT2D eigenvalue weighted by molar-refractivity contribution is 5.78. The third-order valence-corrected chi connectivity index (χ3v) is 3.04. The van der Waals surface area contributed by atoms with Gasteiger partial charge in [-0.05, 0) is 12.8 Å². The molecule has 2 unspecified atom stereocenters. The third kappa shape index (κ3) is 4.93. The largest absolute Gasteiger partial charge is 0.481 e. The number of carboxylic acid groups (broad SMARTS) is 1. The second-order valence-electron chi connectivity index (χ2n) is 4.55. The maximum atomic E-state index is 12.0. The molecule has 0 aromatic rings. The minimum absolute atomic E-state index is 0.395. The molecular weight excluding hydrogens is 251 g/mol. The number of nitrogens with one attached hydrogen (secondary N) is 1. The van der Waals surface area contributed by atoms with Crippen molar-refractivity contribution in [1.82, 2.24) is 5.32 Å². The van der Waals surface area contributed by atoms with Crippen LogP contribution in [0.1, 0.15) is 38.5 Å². The van der Waals surface area contributed by atoms with Crippen molar-refractivity contribution in [3.05, 3.63) is 0 Å². The Kier molecular flexibility index (Phi) is 4.98. The first-order chi connectivity index (χ1) is 8.29. The standard InChI is InChI=1S/C11H16F3NO3/c12-11(13,14)6-9(16)15-8-5-3-1-2-4-7(8)10(17)18/h7-8H,1-6H2,(H,15,16)(H,17,18). The Labute approximate surface area is 103 Å². The number of hydrogen-bond donors (Lipinski definition) is 2. The first kappa shape index (κ1) is 14.8. The van der Waals surface area contributed by atoms with E-state index in [9.17, 15) is 22.8 Å². The summed E-state index contributed by atoms with van der Waals surface area (Å²) in [5.74, 6) is -3.00. The Morgan fingerprint density at radius 2 is 1.78 bits per heavy atom. The van der Waals surface area contributed by atoms with Gasteiger partial charge in [0, 0.05) is 6.04 Å². The van der Waals surface area contributed by atoms with Crippen LogP contribution in [0, 0.1) is 5.92 Å². The number of halogens is 3. The number of carbonyl (C=O) groups excluding carboxylic acids is 1. The molecule has 0 aromatic carbocycles. The van der Waals surface area contributed by atoms with Crippen molar-refractivity contribution < 1.29 is 27.9 Å². The normalized spacial score (nSPS) is 25.3. The fourth-order valence-electron chi connectivity index (χ4n) is 2.22. The SMILES string of the molecule is O=C(CC(F)(F)F)NC1CCCCCC1C(=O)O. The summed E-state index contributed by atoms with van der Waals surface area (Å²) >= 11 is 0. The Balaban J connectivity index is 2.60. The Bertz CT molecular complexity index is 317. The number of aliphatic carboxylic acids is 1. The summed E-state index contributed by atoms with van der Waals surface area (Å²) in [7, 11) is 0. The highest BCUT2D eigenvalue weighted by atomic mass is 19.4. The van der Waals surface area contributed by atoms with Crippen molar-refractivity contribution in [2.45, 2.75) is 50.7 Å². The number of carboxylic acids is 1. The highest BCUT2D eigenvalue weighted by Gasteiger charge is 2.35. The van der Waals surface area contributed by atoms with E-state index in [-0.39, 0.29) is 0 Å². The molecule has 104 valence electrons. The molecule has 2 atom stereocenters. The number of rotatable bonds is 3. The van der Waals surface area contributed by atoms with Crippen molar-refractivity contribution in [2.75, 3.05) is 0 Å².